The number of benzene rings is 2. The first kappa shape index (κ1) is 20.2. The molecule has 1 aromatic heterocycles. The average Bonchev–Trinajstić information content (AvgIpc) is 3.09. The van der Waals surface area contributed by atoms with Gasteiger partial charge in [0.05, 0.1) is 10.6 Å². The number of carbonyl (C=O) groups excluding carboxylic acids is 2. The Balaban J connectivity index is 1.51. The van der Waals surface area contributed by atoms with Crippen LogP contribution in [0.3, 0.4) is 0 Å². The molecule has 0 unspecified atom stereocenters. The summed E-state index contributed by atoms with van der Waals surface area (Å²) >= 11 is 1.56. The smallest absolute Gasteiger partial charge is 0.313 e. The van der Waals surface area contributed by atoms with Crippen LogP contribution < -0.4 is 10.6 Å². The second kappa shape index (κ2) is 9.07. The highest BCUT2D eigenvalue weighted by molar-refractivity contribution is 7.15. The van der Waals surface area contributed by atoms with E-state index in [0.29, 0.717) is 18.7 Å². The highest BCUT2D eigenvalue weighted by atomic mass is 32.1. The van der Waals surface area contributed by atoms with Crippen molar-refractivity contribution in [2.75, 3.05) is 11.9 Å². The first-order valence-electron chi connectivity index (χ1n) is 8.79. The van der Waals surface area contributed by atoms with Gasteiger partial charge in [-0.1, -0.05) is 30.3 Å². The van der Waals surface area contributed by atoms with Gasteiger partial charge in [0.15, 0.2) is 0 Å². The molecule has 29 heavy (non-hydrogen) atoms. The van der Waals surface area contributed by atoms with E-state index in [1.54, 1.807) is 11.3 Å². The van der Waals surface area contributed by atoms with Crippen molar-refractivity contribution < 1.29 is 14.5 Å². The van der Waals surface area contributed by atoms with Crippen molar-refractivity contribution in [1.82, 2.24) is 10.3 Å². The molecule has 148 valence electrons. The van der Waals surface area contributed by atoms with Gasteiger partial charge >= 0.3 is 11.8 Å². The minimum absolute atomic E-state index is 0.0951. The Hall–Kier alpha value is -3.59. The Morgan fingerprint density at radius 2 is 1.76 bits per heavy atom. The number of hydrogen-bond donors (Lipinski definition) is 2. The van der Waals surface area contributed by atoms with Crippen LogP contribution in [0.2, 0.25) is 0 Å². The molecule has 0 aliphatic carbocycles. The third kappa shape index (κ3) is 5.23. The molecule has 2 amide bonds. The number of thiazole rings is 1. The molecule has 0 bridgehead atoms. The van der Waals surface area contributed by atoms with Gasteiger partial charge in [-0.15, -0.1) is 11.3 Å². The number of rotatable bonds is 6. The summed E-state index contributed by atoms with van der Waals surface area (Å²) in [6.07, 6.45) is 0.562. The molecule has 2 N–H and O–H groups in total. The number of nitro benzene ring substituents is 1. The SMILES string of the molecule is Cc1nc(-c2ccccc2)sc1CCNC(=O)C(=O)Nc1ccc([N+](=O)[O-])cc1. The lowest BCUT2D eigenvalue weighted by molar-refractivity contribution is -0.384. The van der Waals surface area contributed by atoms with Gasteiger partial charge in [0.25, 0.3) is 5.69 Å². The molecule has 0 aliphatic rings. The van der Waals surface area contributed by atoms with Crippen LogP contribution in [0.1, 0.15) is 10.6 Å². The summed E-state index contributed by atoms with van der Waals surface area (Å²) in [7, 11) is 0. The predicted octanol–water partition coefficient (Wildman–Crippen LogP) is 3.32. The second-order valence-electron chi connectivity index (χ2n) is 6.16. The summed E-state index contributed by atoms with van der Waals surface area (Å²) in [5, 5.41) is 16.5. The van der Waals surface area contributed by atoms with E-state index in [1.807, 2.05) is 37.3 Å². The second-order valence-corrected chi connectivity index (χ2v) is 7.24. The molecule has 0 saturated carbocycles. The molecule has 0 spiro atoms. The topological polar surface area (TPSA) is 114 Å². The lowest BCUT2D eigenvalue weighted by Crippen LogP contribution is -2.36. The Labute approximate surface area is 170 Å². The molecule has 0 radical (unpaired) electrons. The van der Waals surface area contributed by atoms with Crippen LogP contribution in [0.25, 0.3) is 10.6 Å². The largest absolute Gasteiger partial charge is 0.347 e. The van der Waals surface area contributed by atoms with E-state index in [1.165, 1.54) is 24.3 Å². The molecule has 0 saturated heterocycles. The number of nitrogens with one attached hydrogen (secondary N) is 2. The van der Waals surface area contributed by atoms with Gasteiger partial charge in [0.1, 0.15) is 5.01 Å². The minimum atomic E-state index is -0.829. The molecule has 0 atom stereocenters. The number of carbonyl (C=O) groups is 2. The van der Waals surface area contributed by atoms with Crippen molar-refractivity contribution in [3.05, 3.63) is 75.3 Å². The third-order valence-electron chi connectivity index (χ3n) is 4.09. The zero-order valence-corrected chi connectivity index (χ0v) is 16.4. The van der Waals surface area contributed by atoms with Crippen LogP contribution in [0.4, 0.5) is 11.4 Å². The van der Waals surface area contributed by atoms with E-state index in [0.717, 1.165) is 21.1 Å². The van der Waals surface area contributed by atoms with Gasteiger partial charge < -0.3 is 10.6 Å². The monoisotopic (exact) mass is 410 g/mol. The lowest BCUT2D eigenvalue weighted by Gasteiger charge is -2.06. The summed E-state index contributed by atoms with van der Waals surface area (Å²) in [4.78, 5) is 39.6. The number of hydrogen-bond acceptors (Lipinski definition) is 6. The molecule has 2 aromatic carbocycles. The van der Waals surface area contributed by atoms with Crippen LogP contribution in [0, 0.1) is 17.0 Å². The van der Waals surface area contributed by atoms with Crippen molar-refractivity contribution in [2.45, 2.75) is 13.3 Å². The zero-order chi connectivity index (χ0) is 20.8. The van der Waals surface area contributed by atoms with Crippen LogP contribution in [-0.2, 0) is 16.0 Å². The summed E-state index contributed by atoms with van der Waals surface area (Å²) in [6, 6.07) is 15.1. The fourth-order valence-electron chi connectivity index (χ4n) is 2.59. The van der Waals surface area contributed by atoms with Gasteiger partial charge in [-0.2, -0.15) is 0 Å². The summed E-state index contributed by atoms with van der Waals surface area (Å²) in [5.74, 6) is -1.60. The van der Waals surface area contributed by atoms with Gasteiger partial charge in [0.2, 0.25) is 0 Å². The molecule has 8 nitrogen and oxygen atoms in total. The van der Waals surface area contributed by atoms with E-state index >= 15 is 0 Å². The highest BCUT2D eigenvalue weighted by Crippen LogP contribution is 2.27. The van der Waals surface area contributed by atoms with E-state index in [4.69, 9.17) is 0 Å². The molecule has 1 heterocycles. The van der Waals surface area contributed by atoms with Crippen LogP contribution in [-0.4, -0.2) is 28.3 Å². The number of aryl methyl sites for hydroxylation is 1. The van der Waals surface area contributed by atoms with E-state index < -0.39 is 16.7 Å². The van der Waals surface area contributed by atoms with Crippen molar-refractivity contribution in [2.24, 2.45) is 0 Å². The fraction of sp³-hybridized carbons (Fsp3) is 0.150. The van der Waals surface area contributed by atoms with E-state index in [9.17, 15) is 19.7 Å². The molecule has 3 aromatic rings. The number of nitrogens with zero attached hydrogens (tertiary/aromatic N) is 2. The quantitative estimate of drug-likeness (QED) is 0.368. The molecule has 0 fully saturated rings. The lowest BCUT2D eigenvalue weighted by atomic mass is 10.2. The molecular weight excluding hydrogens is 392 g/mol. The minimum Gasteiger partial charge on any atom is -0.347 e. The van der Waals surface area contributed by atoms with E-state index in [-0.39, 0.29) is 5.69 Å². The molecular formula is C20H18N4O4S. The number of nitro groups is 1. The zero-order valence-electron chi connectivity index (χ0n) is 15.5. The summed E-state index contributed by atoms with van der Waals surface area (Å²) in [6.45, 7) is 2.21. The Morgan fingerprint density at radius 1 is 1.07 bits per heavy atom. The molecule has 9 heteroatoms. The maximum absolute atomic E-state index is 12.0. The highest BCUT2D eigenvalue weighted by Gasteiger charge is 2.15. The Kier molecular flexibility index (Phi) is 6.30. The van der Waals surface area contributed by atoms with Crippen LogP contribution in [0.5, 0.6) is 0 Å². The summed E-state index contributed by atoms with van der Waals surface area (Å²) < 4.78 is 0. The first-order valence-corrected chi connectivity index (χ1v) is 9.61. The normalized spacial score (nSPS) is 10.4. The number of anilines is 1. The van der Waals surface area contributed by atoms with Gasteiger partial charge in [-0.05, 0) is 19.1 Å². The van der Waals surface area contributed by atoms with Gasteiger partial charge in [-0.3, -0.25) is 19.7 Å². The number of amides is 2. The molecule has 0 aliphatic heterocycles. The number of aromatic nitrogens is 1. The predicted molar refractivity (Wildman–Crippen MR) is 111 cm³/mol. The van der Waals surface area contributed by atoms with Crippen molar-refractivity contribution in [1.29, 1.82) is 0 Å². The fourth-order valence-corrected chi connectivity index (χ4v) is 3.66. The third-order valence-corrected chi connectivity index (χ3v) is 5.36. The standard InChI is InChI=1S/C20H18N4O4S/c1-13-17(29-20(22-13)14-5-3-2-4-6-14)11-12-21-18(25)19(26)23-15-7-9-16(10-8-15)24(27)28/h2-10H,11-12H2,1H3,(H,21,25)(H,23,26). The van der Waals surface area contributed by atoms with Crippen LogP contribution in [0.15, 0.2) is 54.6 Å². The average molecular weight is 410 g/mol. The summed E-state index contributed by atoms with van der Waals surface area (Å²) in [5.41, 5.74) is 2.15. The Bertz CT molecular complexity index is 1030. The van der Waals surface area contributed by atoms with E-state index in [2.05, 4.69) is 15.6 Å². The maximum atomic E-state index is 12.0. The van der Waals surface area contributed by atoms with Crippen molar-refractivity contribution in [3.8, 4) is 10.6 Å². The van der Waals surface area contributed by atoms with Crippen molar-refractivity contribution >= 4 is 34.5 Å². The maximum Gasteiger partial charge on any atom is 0.313 e. The first-order chi connectivity index (χ1) is 13.9. The number of non-ortho nitro benzene ring substituents is 1. The van der Waals surface area contributed by atoms with Crippen LogP contribution >= 0.6 is 11.3 Å². The molecule has 3 rings (SSSR count). The van der Waals surface area contributed by atoms with Gasteiger partial charge in [-0.25, -0.2) is 4.98 Å². The Morgan fingerprint density at radius 3 is 2.41 bits per heavy atom. The van der Waals surface area contributed by atoms with Gasteiger partial charge in [0, 0.05) is 41.2 Å². The van der Waals surface area contributed by atoms with Crippen molar-refractivity contribution in [3.63, 3.8) is 0 Å².